The van der Waals surface area contributed by atoms with E-state index in [1.54, 1.807) is 6.07 Å². The van der Waals surface area contributed by atoms with Gasteiger partial charge < -0.3 is 0 Å². The number of aryl methyl sites for hydroxylation is 1. The van der Waals surface area contributed by atoms with Gasteiger partial charge in [-0.1, -0.05) is 19.3 Å². The van der Waals surface area contributed by atoms with E-state index in [1.807, 2.05) is 28.6 Å². The molecule has 1 fully saturated rings. The van der Waals surface area contributed by atoms with E-state index in [-0.39, 0.29) is 0 Å². The van der Waals surface area contributed by atoms with Crippen molar-refractivity contribution in [2.75, 3.05) is 0 Å². The second kappa shape index (κ2) is 10.9. The van der Waals surface area contributed by atoms with Crippen LogP contribution in [0, 0.1) is 3.80 Å². The smallest absolute Gasteiger partial charge is 0.0311 e. The summed E-state index contributed by atoms with van der Waals surface area (Å²) in [4.78, 5) is 0. The first kappa shape index (κ1) is 23.6. The molecule has 3 rings (SSSR count). The van der Waals surface area contributed by atoms with Gasteiger partial charge in [-0.3, -0.25) is 0 Å². The Kier molecular flexibility index (Phi) is 9.55. The predicted molar refractivity (Wildman–Crippen MR) is 114 cm³/mol. The molecule has 3 nitrogen and oxygen atoms in total. The molecule has 0 atom stereocenters. The van der Waals surface area contributed by atoms with Crippen molar-refractivity contribution < 1.29 is 32.5 Å². The number of nitrogens with zero attached hydrogens (tertiary/aromatic N) is 3. The van der Waals surface area contributed by atoms with E-state index in [1.165, 1.54) is 44.2 Å². The van der Waals surface area contributed by atoms with Gasteiger partial charge in [0.05, 0.1) is 0 Å². The number of halogens is 5. The van der Waals surface area contributed by atoms with Crippen LogP contribution in [0.2, 0.25) is 0 Å². The summed E-state index contributed by atoms with van der Waals surface area (Å²) in [5.74, 6) is 0. The standard InChI is InChI=1S/C12H11F3N2.C6H11I2N.Pt/c1-16-5-6-17(9-16)8-10-3-2-4-11(7-10)12(13,14)15;7-9(8)6-4-2-1-3-5-6;/h2-7H,8H2,1H3;6H,1-5H2;. The van der Waals surface area contributed by atoms with Gasteiger partial charge in [-0.05, 0) is 12.8 Å². The molecule has 9 heteroatoms. The minimum atomic E-state index is -4.29. The molecule has 1 aromatic heterocycles. The first-order valence-electron chi connectivity index (χ1n) is 8.62. The fraction of sp³-hybridized carbons (Fsp3) is 0.500. The normalized spacial score (nSPS) is 15.6. The third-order valence-corrected chi connectivity index (χ3v) is 7.45. The zero-order valence-electron chi connectivity index (χ0n) is 14.8. The van der Waals surface area contributed by atoms with Gasteiger partial charge in [0.25, 0.3) is 0 Å². The third-order valence-electron chi connectivity index (χ3n) is 4.42. The molecule has 2 aromatic rings. The summed E-state index contributed by atoms with van der Waals surface area (Å²) in [5.41, 5.74) is 0.0334. The topological polar surface area (TPSA) is 13.1 Å². The van der Waals surface area contributed by atoms with Crippen molar-refractivity contribution in [1.82, 2.24) is 10.5 Å². The van der Waals surface area contributed by atoms with Gasteiger partial charge in [0, 0.05) is 51.8 Å². The van der Waals surface area contributed by atoms with E-state index in [2.05, 4.69) is 66.4 Å². The average Bonchev–Trinajstić information content (AvgIpc) is 2.95. The van der Waals surface area contributed by atoms with Crippen molar-refractivity contribution in [3.63, 3.8) is 0 Å². The molecule has 0 N–H and O–H groups in total. The molecular weight excluding hydrogens is 764 g/mol. The van der Waals surface area contributed by atoms with E-state index in [0.29, 0.717) is 12.1 Å². The van der Waals surface area contributed by atoms with Gasteiger partial charge >= 0.3 is 113 Å². The zero-order chi connectivity index (χ0) is 20.0. The maximum Gasteiger partial charge on any atom is 0.0311 e. The number of alkyl halides is 3. The molecule has 1 aromatic carbocycles. The van der Waals surface area contributed by atoms with Crippen LogP contribution in [0.3, 0.4) is 0 Å². The van der Waals surface area contributed by atoms with E-state index in [4.69, 9.17) is 0 Å². The number of hydrogen-bond donors (Lipinski definition) is 0. The quantitative estimate of drug-likeness (QED) is 0.264. The number of rotatable bonds is 3. The number of benzene rings is 1. The number of imidazole rings is 1. The Bertz CT molecular complexity index is 781. The van der Waals surface area contributed by atoms with E-state index in [0.717, 1.165) is 15.9 Å². The summed E-state index contributed by atoms with van der Waals surface area (Å²) in [7, 11) is 1.89. The van der Waals surface area contributed by atoms with Crippen LogP contribution in [0.25, 0.3) is 0 Å². The molecule has 27 heavy (non-hydrogen) atoms. The minimum Gasteiger partial charge on any atom is -0.185 e. The summed E-state index contributed by atoms with van der Waals surface area (Å²) < 4.78 is 44.8. The molecule has 0 aliphatic heterocycles. The molecule has 1 aliphatic rings. The first-order valence-corrected chi connectivity index (χ1v) is 11.7. The number of aromatic nitrogens is 2. The Morgan fingerprint density at radius 3 is 2.30 bits per heavy atom. The summed E-state index contributed by atoms with van der Waals surface area (Å²) in [5, 5.41) is 0. The second-order valence-corrected chi connectivity index (χ2v) is 11.5. The Labute approximate surface area is 196 Å². The minimum absolute atomic E-state index is 0.434. The zero-order valence-corrected chi connectivity index (χ0v) is 21.4. The Morgan fingerprint density at radius 1 is 1.15 bits per heavy atom. The van der Waals surface area contributed by atoms with Crippen LogP contribution in [-0.4, -0.2) is 16.5 Å². The fourth-order valence-corrected chi connectivity index (χ4v) is 4.56. The van der Waals surface area contributed by atoms with Crippen molar-refractivity contribution in [2.24, 2.45) is 7.05 Å². The van der Waals surface area contributed by atoms with Crippen molar-refractivity contribution in [3.8, 4) is 0 Å². The van der Waals surface area contributed by atoms with Crippen LogP contribution in [0.15, 0.2) is 36.7 Å². The van der Waals surface area contributed by atoms with Crippen LogP contribution in [0.5, 0.6) is 0 Å². The molecule has 154 valence electrons. The molecule has 1 heterocycles. The summed E-state index contributed by atoms with van der Waals surface area (Å²) in [6, 6.07) is 6.28. The molecule has 0 radical (unpaired) electrons. The monoisotopic (exact) mass is 786 g/mol. The Hall–Kier alpha value is 0.328. The van der Waals surface area contributed by atoms with Crippen molar-refractivity contribution in [2.45, 2.75) is 50.9 Å². The molecule has 0 amide bonds. The number of hydrogen-bond acceptors (Lipinski definition) is 1. The molecule has 0 bridgehead atoms. The van der Waals surface area contributed by atoms with Crippen molar-refractivity contribution in [1.29, 1.82) is 0 Å². The van der Waals surface area contributed by atoms with Gasteiger partial charge in [-0.25, -0.2) is 0 Å². The van der Waals surface area contributed by atoms with Crippen LogP contribution in [-0.2, 0) is 39.1 Å². The van der Waals surface area contributed by atoms with Crippen LogP contribution in [0.1, 0.15) is 43.2 Å². The first-order chi connectivity index (χ1) is 12.7. The maximum absolute atomic E-state index is 12.6. The molecule has 0 unspecified atom stereocenters. The second-order valence-electron chi connectivity index (χ2n) is 6.53. The van der Waals surface area contributed by atoms with Crippen LogP contribution in [0.4, 0.5) is 13.2 Å². The van der Waals surface area contributed by atoms with Crippen molar-refractivity contribution >= 4 is 45.7 Å². The largest absolute Gasteiger partial charge is 0.185 e. The average molecular weight is 786 g/mol. The van der Waals surface area contributed by atoms with Gasteiger partial charge in [0.2, 0.25) is 0 Å². The van der Waals surface area contributed by atoms with Crippen LogP contribution >= 0.6 is 45.7 Å². The van der Waals surface area contributed by atoms with Gasteiger partial charge in [0.15, 0.2) is 0 Å². The van der Waals surface area contributed by atoms with E-state index >= 15 is 0 Å². The predicted octanol–water partition coefficient (Wildman–Crippen LogP) is 6.29. The molecule has 0 saturated heterocycles. The third kappa shape index (κ3) is 7.58. The summed E-state index contributed by atoms with van der Waals surface area (Å²) >= 11 is 6.90. The van der Waals surface area contributed by atoms with Gasteiger partial charge in [0.1, 0.15) is 0 Å². The Balaban J connectivity index is 0.000000244. The molecular formula is C18H22F3I2N3Pt. The fourth-order valence-electron chi connectivity index (χ4n) is 2.93. The summed E-state index contributed by atoms with van der Waals surface area (Å²) in [6.07, 6.45) is 6.58. The van der Waals surface area contributed by atoms with Crippen molar-refractivity contribution in [3.05, 3.63) is 51.6 Å². The summed E-state index contributed by atoms with van der Waals surface area (Å²) in [6.45, 7) is 0.434. The van der Waals surface area contributed by atoms with Gasteiger partial charge in [-0.2, -0.15) is 1.33 Å². The molecule has 0 spiro atoms. The van der Waals surface area contributed by atoms with Crippen LogP contribution < -0.4 is 0 Å². The molecule has 1 aliphatic carbocycles. The maximum atomic E-state index is 12.6. The van der Waals surface area contributed by atoms with Gasteiger partial charge in [-0.15, -0.1) is 0 Å². The van der Waals surface area contributed by atoms with E-state index < -0.39 is 11.7 Å². The molecule has 1 saturated carbocycles. The van der Waals surface area contributed by atoms with E-state index in [9.17, 15) is 13.2 Å². The Morgan fingerprint density at radius 2 is 1.81 bits per heavy atom. The SMILES string of the molecule is Cn1ccn(Cc2cccc(C(F)(F)F)c2)[c]1=[Pt].IN(I)C1CCCCC1.